The van der Waals surface area contributed by atoms with Crippen molar-refractivity contribution in [2.24, 2.45) is 5.73 Å². The van der Waals surface area contributed by atoms with Crippen LogP contribution in [-0.4, -0.2) is 43.2 Å². The van der Waals surface area contributed by atoms with Crippen LogP contribution in [0.25, 0.3) is 0 Å². The van der Waals surface area contributed by atoms with E-state index in [4.69, 9.17) is 10.5 Å². The first kappa shape index (κ1) is 18.1. The van der Waals surface area contributed by atoms with Crippen LogP contribution in [0.2, 0.25) is 0 Å². The predicted molar refractivity (Wildman–Crippen MR) is 68.9 cm³/mol. The molecule has 0 aliphatic heterocycles. The second-order valence-corrected chi connectivity index (χ2v) is 3.90. The quantitative estimate of drug-likeness (QED) is 0.698. The topological polar surface area (TPSA) is 55.6 Å². The molecule has 5 heteroatoms. The van der Waals surface area contributed by atoms with Gasteiger partial charge in [-0.25, -0.2) is 0 Å². The number of halogens is 1. The molecule has 2 N–H and O–H groups in total. The van der Waals surface area contributed by atoms with Crippen molar-refractivity contribution in [3.05, 3.63) is 0 Å². The molecule has 0 saturated carbocycles. The molecule has 0 spiro atoms. The second kappa shape index (κ2) is 9.87. The average Bonchev–Trinajstić information content (AvgIpc) is 2.26. The van der Waals surface area contributed by atoms with Crippen molar-refractivity contribution in [2.45, 2.75) is 45.8 Å². The monoisotopic (exact) mass is 252 g/mol. The van der Waals surface area contributed by atoms with Gasteiger partial charge in [0.05, 0.1) is 0 Å². The third kappa shape index (κ3) is 6.30. The van der Waals surface area contributed by atoms with Crippen LogP contribution >= 0.6 is 12.4 Å². The number of amides is 1. The van der Waals surface area contributed by atoms with Crippen LogP contribution in [0.3, 0.4) is 0 Å². The van der Waals surface area contributed by atoms with E-state index in [1.165, 1.54) is 0 Å². The molecule has 2 unspecified atom stereocenters. The molecule has 0 rings (SSSR count). The van der Waals surface area contributed by atoms with Gasteiger partial charge in [0.15, 0.2) is 0 Å². The van der Waals surface area contributed by atoms with E-state index in [1.807, 2.05) is 6.92 Å². The minimum absolute atomic E-state index is 0. The first-order chi connectivity index (χ1) is 7.04. The number of ether oxygens (including phenoxy) is 1. The molecule has 0 radical (unpaired) electrons. The number of nitrogens with two attached hydrogens (primary N) is 1. The first-order valence-corrected chi connectivity index (χ1v) is 5.62. The largest absolute Gasteiger partial charge is 0.369 e. The zero-order chi connectivity index (χ0) is 11.8. The lowest BCUT2D eigenvalue weighted by Gasteiger charge is -2.26. The SMILES string of the molecule is CCCCOC(C)C(=O)N(C)C(C)CN.Cl. The summed E-state index contributed by atoms with van der Waals surface area (Å²) in [5, 5.41) is 0. The van der Waals surface area contributed by atoms with E-state index >= 15 is 0 Å². The van der Waals surface area contributed by atoms with Crippen molar-refractivity contribution in [1.82, 2.24) is 4.90 Å². The van der Waals surface area contributed by atoms with Crippen LogP contribution in [0, 0.1) is 0 Å². The van der Waals surface area contributed by atoms with E-state index in [2.05, 4.69) is 6.92 Å². The fourth-order valence-corrected chi connectivity index (χ4v) is 1.14. The van der Waals surface area contributed by atoms with Crippen LogP contribution in [0.5, 0.6) is 0 Å². The Balaban J connectivity index is 0. The van der Waals surface area contributed by atoms with Gasteiger partial charge in [-0.3, -0.25) is 4.79 Å². The summed E-state index contributed by atoms with van der Waals surface area (Å²) >= 11 is 0. The summed E-state index contributed by atoms with van der Waals surface area (Å²) in [6.45, 7) is 6.94. The number of unbranched alkanes of at least 4 members (excludes halogenated alkanes) is 1. The standard InChI is InChI=1S/C11H24N2O2.ClH/c1-5-6-7-15-10(3)11(14)13(4)9(2)8-12;/h9-10H,5-8,12H2,1-4H3;1H. The molecular formula is C11H25ClN2O2. The normalized spacial score (nSPS) is 13.8. The molecule has 16 heavy (non-hydrogen) atoms. The summed E-state index contributed by atoms with van der Waals surface area (Å²) in [6.07, 6.45) is 1.71. The van der Waals surface area contributed by atoms with Crippen molar-refractivity contribution < 1.29 is 9.53 Å². The molecule has 98 valence electrons. The van der Waals surface area contributed by atoms with Gasteiger partial charge >= 0.3 is 0 Å². The summed E-state index contributed by atoms with van der Waals surface area (Å²) in [4.78, 5) is 13.4. The Kier molecular flexibility index (Phi) is 11.1. The second-order valence-electron chi connectivity index (χ2n) is 3.90. The first-order valence-electron chi connectivity index (χ1n) is 5.62. The van der Waals surface area contributed by atoms with Gasteiger partial charge in [0.25, 0.3) is 5.91 Å². The van der Waals surface area contributed by atoms with E-state index in [9.17, 15) is 4.79 Å². The maximum absolute atomic E-state index is 11.8. The number of hydrogen-bond donors (Lipinski definition) is 1. The number of carbonyl (C=O) groups excluding carboxylic acids is 1. The summed E-state index contributed by atoms with van der Waals surface area (Å²) in [7, 11) is 1.76. The van der Waals surface area contributed by atoms with Gasteiger partial charge < -0.3 is 15.4 Å². The molecule has 0 saturated heterocycles. The van der Waals surface area contributed by atoms with Gasteiger partial charge in [-0.2, -0.15) is 0 Å². The van der Waals surface area contributed by atoms with E-state index in [0.29, 0.717) is 13.2 Å². The third-order valence-corrected chi connectivity index (χ3v) is 2.56. The number of likely N-dealkylation sites (N-methyl/N-ethyl adjacent to an activating group) is 1. The highest BCUT2D eigenvalue weighted by molar-refractivity contribution is 5.85. The average molecular weight is 253 g/mol. The van der Waals surface area contributed by atoms with Crippen LogP contribution in [-0.2, 0) is 9.53 Å². The summed E-state index contributed by atoms with van der Waals surface area (Å²) in [5.41, 5.74) is 5.50. The van der Waals surface area contributed by atoms with Crippen LogP contribution in [0.1, 0.15) is 33.6 Å². The number of nitrogens with zero attached hydrogens (tertiary/aromatic N) is 1. The fourth-order valence-electron chi connectivity index (χ4n) is 1.14. The third-order valence-electron chi connectivity index (χ3n) is 2.56. The number of hydrogen-bond acceptors (Lipinski definition) is 3. The molecule has 0 aromatic rings. The Bertz CT molecular complexity index is 191. The summed E-state index contributed by atoms with van der Waals surface area (Å²) in [6, 6.07) is 0.0646. The minimum atomic E-state index is -0.365. The smallest absolute Gasteiger partial charge is 0.251 e. The summed E-state index contributed by atoms with van der Waals surface area (Å²) in [5.74, 6) is 0.00375. The predicted octanol–water partition coefficient (Wildman–Crippen LogP) is 1.42. The minimum Gasteiger partial charge on any atom is -0.369 e. The van der Waals surface area contributed by atoms with Gasteiger partial charge in [-0.05, 0) is 20.3 Å². The number of rotatable bonds is 7. The fraction of sp³-hybridized carbons (Fsp3) is 0.909. The molecule has 0 bridgehead atoms. The van der Waals surface area contributed by atoms with Gasteiger partial charge in [0.1, 0.15) is 6.10 Å². The van der Waals surface area contributed by atoms with Crippen LogP contribution < -0.4 is 5.73 Å². The van der Waals surface area contributed by atoms with Crippen molar-refractivity contribution >= 4 is 18.3 Å². The summed E-state index contributed by atoms with van der Waals surface area (Å²) < 4.78 is 5.43. The number of carbonyl (C=O) groups is 1. The van der Waals surface area contributed by atoms with E-state index in [-0.39, 0.29) is 30.5 Å². The van der Waals surface area contributed by atoms with Crippen LogP contribution in [0.15, 0.2) is 0 Å². The molecule has 4 nitrogen and oxygen atoms in total. The van der Waals surface area contributed by atoms with Crippen molar-refractivity contribution in [1.29, 1.82) is 0 Å². The van der Waals surface area contributed by atoms with Gasteiger partial charge in [0.2, 0.25) is 0 Å². The van der Waals surface area contributed by atoms with Gasteiger partial charge in [-0.1, -0.05) is 13.3 Å². The molecule has 0 aliphatic rings. The Morgan fingerprint density at radius 3 is 2.44 bits per heavy atom. The molecule has 0 heterocycles. The lowest BCUT2D eigenvalue weighted by Crippen LogP contribution is -2.44. The maximum atomic E-state index is 11.8. The Hall–Kier alpha value is -0.320. The highest BCUT2D eigenvalue weighted by Crippen LogP contribution is 2.02. The van der Waals surface area contributed by atoms with Crippen molar-refractivity contribution in [3.8, 4) is 0 Å². The zero-order valence-corrected chi connectivity index (χ0v) is 11.5. The molecule has 0 aromatic carbocycles. The Morgan fingerprint density at radius 1 is 1.44 bits per heavy atom. The van der Waals surface area contributed by atoms with E-state index in [1.54, 1.807) is 18.9 Å². The van der Waals surface area contributed by atoms with Crippen LogP contribution in [0.4, 0.5) is 0 Å². The molecule has 0 aliphatic carbocycles. The highest BCUT2D eigenvalue weighted by atomic mass is 35.5. The lowest BCUT2D eigenvalue weighted by molar-refractivity contribution is -0.143. The van der Waals surface area contributed by atoms with Crippen molar-refractivity contribution in [3.63, 3.8) is 0 Å². The van der Waals surface area contributed by atoms with E-state index in [0.717, 1.165) is 12.8 Å². The molecular weight excluding hydrogens is 228 g/mol. The molecule has 1 amide bonds. The van der Waals surface area contributed by atoms with Gasteiger partial charge in [0, 0.05) is 26.2 Å². The van der Waals surface area contributed by atoms with E-state index < -0.39 is 0 Å². The molecule has 0 aromatic heterocycles. The molecule has 2 atom stereocenters. The Morgan fingerprint density at radius 2 is 2.00 bits per heavy atom. The maximum Gasteiger partial charge on any atom is 0.251 e. The highest BCUT2D eigenvalue weighted by Gasteiger charge is 2.20. The van der Waals surface area contributed by atoms with Crippen molar-refractivity contribution in [2.75, 3.05) is 20.2 Å². The van der Waals surface area contributed by atoms with Gasteiger partial charge in [-0.15, -0.1) is 12.4 Å². The Labute approximate surface area is 105 Å². The zero-order valence-electron chi connectivity index (χ0n) is 10.7. The lowest BCUT2D eigenvalue weighted by atomic mass is 10.2. The molecule has 0 fully saturated rings.